The van der Waals surface area contributed by atoms with E-state index in [1.807, 2.05) is 0 Å². The van der Waals surface area contributed by atoms with Crippen LogP contribution in [0.1, 0.15) is 26.7 Å². The topological polar surface area (TPSA) is 102 Å². The molecule has 0 spiro atoms. The minimum Gasteiger partial charge on any atom is -0.399 e. The number of benzene rings is 1. The number of nitrogens with zero attached hydrogens (tertiary/aromatic N) is 2. The number of anilines is 1. The molecule has 28 heavy (non-hydrogen) atoms. The van der Waals surface area contributed by atoms with Crippen molar-refractivity contribution in [1.29, 1.82) is 0 Å². The molecule has 8 nitrogen and oxygen atoms in total. The van der Waals surface area contributed by atoms with Gasteiger partial charge in [0.05, 0.1) is 24.3 Å². The fourth-order valence-corrected chi connectivity index (χ4v) is 6.40. The average molecular weight is 434 g/mol. The number of piperidine rings is 1. The Morgan fingerprint density at radius 1 is 1.14 bits per heavy atom. The number of likely N-dealkylation sites (tertiary alicyclic amines) is 1. The summed E-state index contributed by atoms with van der Waals surface area (Å²) in [5, 5.41) is 0. The summed E-state index contributed by atoms with van der Waals surface area (Å²) in [5.41, 5.74) is 6.18. The lowest BCUT2D eigenvalue weighted by atomic mass is 10.1. The molecule has 1 saturated heterocycles. The molecule has 1 heterocycles. The van der Waals surface area contributed by atoms with Crippen LogP contribution in [0.15, 0.2) is 29.2 Å². The fraction of sp³-hybridized carbons (Fsp3) is 0.667. The first kappa shape index (κ1) is 23.3. The normalized spacial score (nSPS) is 17.3. The lowest BCUT2D eigenvalue weighted by Gasteiger charge is -2.36. The Kier molecular flexibility index (Phi) is 8.48. The standard InChI is InChI=1S/C18H32N3O5PS/c1-4-25-27(22,26-5-2)15-14-21-12-10-17(11-13-21)20(3)28(23,24)18-8-6-16(19)7-9-18/h6-9,17H,4-5,10-15,19H2,1-3H3. The van der Waals surface area contributed by atoms with Crippen LogP contribution in [0.5, 0.6) is 0 Å². The van der Waals surface area contributed by atoms with Gasteiger partial charge < -0.3 is 19.7 Å². The Hall–Kier alpha value is -0.960. The van der Waals surface area contributed by atoms with Crippen molar-refractivity contribution in [2.45, 2.75) is 37.6 Å². The largest absolute Gasteiger partial charge is 0.399 e. The lowest BCUT2D eigenvalue weighted by Crippen LogP contribution is -2.46. The molecule has 1 fully saturated rings. The smallest absolute Gasteiger partial charge is 0.331 e. The molecule has 0 atom stereocenters. The minimum atomic E-state index is -3.55. The second-order valence-corrected chi connectivity index (χ2v) is 11.0. The van der Waals surface area contributed by atoms with E-state index in [1.165, 1.54) is 16.4 Å². The van der Waals surface area contributed by atoms with Gasteiger partial charge >= 0.3 is 7.60 Å². The van der Waals surface area contributed by atoms with Crippen LogP contribution in [0.3, 0.4) is 0 Å². The number of sulfonamides is 1. The number of nitrogens with two attached hydrogens (primary N) is 1. The summed E-state index contributed by atoms with van der Waals surface area (Å²) in [4.78, 5) is 2.44. The number of hydrogen-bond donors (Lipinski definition) is 1. The van der Waals surface area contributed by atoms with E-state index >= 15 is 0 Å². The average Bonchev–Trinajstić information content (AvgIpc) is 2.67. The monoisotopic (exact) mass is 433 g/mol. The maximum Gasteiger partial charge on any atom is 0.331 e. The predicted molar refractivity (Wildman–Crippen MR) is 111 cm³/mol. The van der Waals surface area contributed by atoms with Gasteiger partial charge in [0.2, 0.25) is 10.0 Å². The molecule has 2 N–H and O–H groups in total. The maximum absolute atomic E-state index is 12.8. The summed E-state index contributed by atoms with van der Waals surface area (Å²) in [6.07, 6.45) is 1.79. The van der Waals surface area contributed by atoms with Gasteiger partial charge in [-0.1, -0.05) is 0 Å². The van der Waals surface area contributed by atoms with Crippen molar-refractivity contribution >= 4 is 23.3 Å². The number of hydrogen-bond acceptors (Lipinski definition) is 7. The van der Waals surface area contributed by atoms with Crippen LogP contribution in [0.2, 0.25) is 0 Å². The van der Waals surface area contributed by atoms with Crippen LogP contribution in [0, 0.1) is 0 Å². The number of nitrogen functional groups attached to an aromatic ring is 1. The van der Waals surface area contributed by atoms with E-state index in [0.29, 0.717) is 31.6 Å². The second-order valence-electron chi connectivity index (χ2n) is 6.83. The molecular weight excluding hydrogens is 401 g/mol. The summed E-state index contributed by atoms with van der Waals surface area (Å²) in [7, 11) is -4.97. The van der Waals surface area contributed by atoms with E-state index in [2.05, 4.69) is 4.90 Å². The zero-order valence-corrected chi connectivity index (χ0v) is 18.6. The summed E-state index contributed by atoms with van der Waals surface area (Å²) in [5.74, 6) is 0. The van der Waals surface area contributed by atoms with Gasteiger partial charge in [-0.15, -0.1) is 0 Å². The van der Waals surface area contributed by atoms with Crippen molar-refractivity contribution < 1.29 is 22.0 Å². The Balaban J connectivity index is 1.90. The first-order chi connectivity index (χ1) is 13.2. The molecule has 2 rings (SSSR count). The first-order valence-electron chi connectivity index (χ1n) is 9.66. The SMILES string of the molecule is CCOP(=O)(CCN1CCC(N(C)S(=O)(=O)c2ccc(N)cc2)CC1)OCC. The van der Waals surface area contributed by atoms with Crippen LogP contribution in [0.4, 0.5) is 5.69 Å². The summed E-state index contributed by atoms with van der Waals surface area (Å²) in [6, 6.07) is 6.20. The zero-order chi connectivity index (χ0) is 20.8. The van der Waals surface area contributed by atoms with E-state index in [0.717, 1.165) is 25.9 Å². The summed E-state index contributed by atoms with van der Waals surface area (Å²) < 4.78 is 50.4. The highest BCUT2D eigenvalue weighted by molar-refractivity contribution is 7.89. The molecule has 1 aliphatic heterocycles. The molecule has 10 heteroatoms. The van der Waals surface area contributed by atoms with Gasteiger partial charge in [0, 0.05) is 25.3 Å². The van der Waals surface area contributed by atoms with Crippen molar-refractivity contribution in [1.82, 2.24) is 9.21 Å². The second kappa shape index (κ2) is 10.2. The molecular formula is C18H32N3O5PS. The van der Waals surface area contributed by atoms with Gasteiger partial charge in [-0.2, -0.15) is 4.31 Å². The van der Waals surface area contributed by atoms with Crippen molar-refractivity contribution in [3.8, 4) is 0 Å². The number of rotatable bonds is 10. The molecule has 0 aliphatic carbocycles. The molecule has 1 aromatic carbocycles. The van der Waals surface area contributed by atoms with Gasteiger partial charge in [0.1, 0.15) is 0 Å². The molecule has 0 aromatic heterocycles. The Morgan fingerprint density at radius 3 is 2.18 bits per heavy atom. The fourth-order valence-electron chi connectivity index (χ4n) is 3.33. The van der Waals surface area contributed by atoms with Crippen LogP contribution in [-0.4, -0.2) is 69.7 Å². The van der Waals surface area contributed by atoms with Crippen molar-refractivity contribution in [2.24, 2.45) is 0 Å². The highest BCUT2D eigenvalue weighted by atomic mass is 32.2. The Labute approximate surface area is 168 Å². The predicted octanol–water partition coefficient (Wildman–Crippen LogP) is 2.62. The van der Waals surface area contributed by atoms with Crippen LogP contribution < -0.4 is 5.73 Å². The summed E-state index contributed by atoms with van der Waals surface area (Å²) in [6.45, 7) is 6.40. The van der Waals surface area contributed by atoms with E-state index in [4.69, 9.17) is 14.8 Å². The highest BCUT2D eigenvalue weighted by Crippen LogP contribution is 2.47. The molecule has 160 valence electrons. The third-order valence-corrected chi connectivity index (χ3v) is 8.95. The van der Waals surface area contributed by atoms with E-state index in [9.17, 15) is 13.0 Å². The lowest BCUT2D eigenvalue weighted by molar-refractivity contribution is 0.169. The molecule has 0 saturated carbocycles. The van der Waals surface area contributed by atoms with E-state index in [-0.39, 0.29) is 10.9 Å². The van der Waals surface area contributed by atoms with E-state index < -0.39 is 17.6 Å². The Morgan fingerprint density at radius 2 is 1.68 bits per heavy atom. The third-order valence-electron chi connectivity index (χ3n) is 4.97. The molecule has 0 amide bonds. The Bertz CT molecular complexity index is 754. The molecule has 1 aromatic rings. The van der Waals surface area contributed by atoms with Crippen molar-refractivity contribution in [2.75, 3.05) is 51.8 Å². The van der Waals surface area contributed by atoms with Crippen molar-refractivity contribution in [3.05, 3.63) is 24.3 Å². The van der Waals surface area contributed by atoms with Crippen LogP contribution in [0.25, 0.3) is 0 Å². The first-order valence-corrected chi connectivity index (χ1v) is 12.8. The maximum atomic E-state index is 12.8. The van der Waals surface area contributed by atoms with Gasteiger partial charge in [-0.3, -0.25) is 4.57 Å². The zero-order valence-electron chi connectivity index (χ0n) is 16.9. The van der Waals surface area contributed by atoms with Crippen LogP contribution >= 0.6 is 7.60 Å². The third kappa shape index (κ3) is 6.02. The van der Waals surface area contributed by atoms with Gasteiger partial charge in [-0.05, 0) is 64.0 Å². The van der Waals surface area contributed by atoms with Gasteiger partial charge in [0.15, 0.2) is 0 Å². The van der Waals surface area contributed by atoms with Gasteiger partial charge in [-0.25, -0.2) is 8.42 Å². The van der Waals surface area contributed by atoms with E-state index in [1.54, 1.807) is 33.0 Å². The molecule has 0 radical (unpaired) electrons. The molecule has 0 unspecified atom stereocenters. The van der Waals surface area contributed by atoms with Crippen LogP contribution in [-0.2, 0) is 23.6 Å². The quantitative estimate of drug-likeness (QED) is 0.447. The summed E-state index contributed by atoms with van der Waals surface area (Å²) >= 11 is 0. The minimum absolute atomic E-state index is 0.0654. The van der Waals surface area contributed by atoms with Crippen molar-refractivity contribution in [3.63, 3.8) is 0 Å². The highest BCUT2D eigenvalue weighted by Gasteiger charge is 2.32. The molecule has 1 aliphatic rings. The van der Waals surface area contributed by atoms with Gasteiger partial charge in [0.25, 0.3) is 0 Å². The molecule has 0 bridgehead atoms.